The minimum absolute atomic E-state index is 0.174. The van der Waals surface area contributed by atoms with E-state index < -0.39 is 0 Å². The first-order valence-electron chi connectivity index (χ1n) is 9.69. The summed E-state index contributed by atoms with van der Waals surface area (Å²) in [6.07, 6.45) is 1.62. The molecule has 0 fully saturated rings. The number of ketones is 2. The van der Waals surface area contributed by atoms with Crippen molar-refractivity contribution in [2.45, 2.75) is 0 Å². The summed E-state index contributed by atoms with van der Waals surface area (Å²) in [6.45, 7) is 0. The second-order valence-corrected chi connectivity index (χ2v) is 7.44. The Labute approximate surface area is 171 Å². The highest BCUT2D eigenvalue weighted by Crippen LogP contribution is 2.33. The average Bonchev–Trinajstić information content (AvgIpc) is 3.41. The Kier molecular flexibility index (Phi) is 3.44. The van der Waals surface area contributed by atoms with Gasteiger partial charge in [0.1, 0.15) is 5.76 Å². The van der Waals surface area contributed by atoms with E-state index in [9.17, 15) is 9.59 Å². The first-order chi connectivity index (χ1) is 14.7. The number of rotatable bonds is 2. The number of carbonyl (C=O) groups excluding carboxylic acids is 2. The molecule has 30 heavy (non-hydrogen) atoms. The molecule has 2 aromatic heterocycles. The highest BCUT2D eigenvalue weighted by atomic mass is 16.3. The molecule has 0 atom stereocenters. The van der Waals surface area contributed by atoms with E-state index in [1.165, 1.54) is 0 Å². The number of nitrogens with one attached hydrogen (secondary N) is 1. The van der Waals surface area contributed by atoms with Crippen LogP contribution in [-0.4, -0.2) is 16.6 Å². The molecule has 0 saturated heterocycles. The Morgan fingerprint density at radius 3 is 2.00 bits per heavy atom. The predicted molar refractivity (Wildman–Crippen MR) is 117 cm³/mol. The Hall–Kier alpha value is -4.18. The summed E-state index contributed by atoms with van der Waals surface area (Å²) in [7, 11) is 0. The van der Waals surface area contributed by atoms with Crippen molar-refractivity contribution < 1.29 is 14.0 Å². The van der Waals surface area contributed by atoms with Crippen LogP contribution in [0.5, 0.6) is 0 Å². The lowest BCUT2D eigenvalue weighted by molar-refractivity contribution is 0.0990. The normalized spacial score (nSPS) is 13.4. The summed E-state index contributed by atoms with van der Waals surface area (Å²) >= 11 is 0. The van der Waals surface area contributed by atoms with Crippen molar-refractivity contribution >= 4 is 39.5 Å². The molecule has 1 N–H and O–H groups in total. The number of carbonyl (C=O) groups is 2. The molecule has 0 saturated carbocycles. The first kappa shape index (κ1) is 16.7. The van der Waals surface area contributed by atoms with Crippen molar-refractivity contribution in [3.63, 3.8) is 0 Å². The van der Waals surface area contributed by atoms with Gasteiger partial charge in [-0.3, -0.25) is 9.59 Å². The minimum Gasteiger partial charge on any atom is -0.454 e. The zero-order chi connectivity index (χ0) is 20.2. The van der Waals surface area contributed by atoms with Crippen molar-refractivity contribution in [3.8, 4) is 11.3 Å². The maximum absolute atomic E-state index is 12.9. The van der Waals surface area contributed by atoms with Crippen molar-refractivity contribution in [3.05, 3.63) is 101 Å². The summed E-state index contributed by atoms with van der Waals surface area (Å²) < 4.78 is 5.94. The van der Waals surface area contributed by atoms with E-state index in [1.807, 2.05) is 66.7 Å². The fraction of sp³-hybridized carbons (Fsp3) is 0. The van der Waals surface area contributed by atoms with E-state index in [1.54, 1.807) is 18.2 Å². The summed E-state index contributed by atoms with van der Waals surface area (Å²) in [5.41, 5.74) is 4.26. The molecule has 5 aromatic rings. The monoisotopic (exact) mass is 389 g/mol. The van der Waals surface area contributed by atoms with Crippen LogP contribution >= 0.6 is 0 Å². The largest absolute Gasteiger partial charge is 0.454 e. The van der Waals surface area contributed by atoms with Crippen molar-refractivity contribution in [1.29, 1.82) is 0 Å². The van der Waals surface area contributed by atoms with Crippen molar-refractivity contribution in [1.82, 2.24) is 4.98 Å². The van der Waals surface area contributed by atoms with Crippen LogP contribution < -0.4 is 0 Å². The van der Waals surface area contributed by atoms with Crippen LogP contribution in [0.15, 0.2) is 88.9 Å². The molecular weight excluding hydrogens is 374 g/mol. The summed E-state index contributed by atoms with van der Waals surface area (Å²) in [5, 5.41) is 1.90. The minimum atomic E-state index is -0.239. The topological polar surface area (TPSA) is 63.1 Å². The number of hydrogen-bond donors (Lipinski definition) is 1. The number of Topliss-reactive ketones (excluding diaryl/α,β-unsaturated/α-hetero) is 2. The lowest BCUT2D eigenvalue weighted by Gasteiger charge is -2.00. The second kappa shape index (κ2) is 6.16. The van der Waals surface area contributed by atoms with Gasteiger partial charge in [0.25, 0.3) is 0 Å². The quantitative estimate of drug-likeness (QED) is 0.296. The SMILES string of the molecule is O=C1C(=Cc2cc3oc(-c4ccccc4)cc3[nH]2)C(=O)c2cc3ccccc3cc21. The van der Waals surface area contributed by atoms with Crippen LogP contribution in [0.25, 0.3) is 39.3 Å². The molecule has 1 aliphatic rings. The van der Waals surface area contributed by atoms with Gasteiger partial charge in [-0.05, 0) is 29.0 Å². The number of aromatic nitrogens is 1. The number of H-pyrrole nitrogens is 1. The van der Waals surface area contributed by atoms with E-state index in [0.29, 0.717) is 22.4 Å². The van der Waals surface area contributed by atoms with E-state index in [2.05, 4.69) is 4.98 Å². The molecule has 0 aliphatic heterocycles. The number of allylic oxidation sites excluding steroid dienone is 1. The fourth-order valence-corrected chi connectivity index (χ4v) is 4.06. The van der Waals surface area contributed by atoms with Gasteiger partial charge in [-0.15, -0.1) is 0 Å². The van der Waals surface area contributed by atoms with Gasteiger partial charge in [-0.2, -0.15) is 0 Å². The van der Waals surface area contributed by atoms with Gasteiger partial charge in [0.2, 0.25) is 0 Å². The van der Waals surface area contributed by atoms with Crippen molar-refractivity contribution in [2.75, 3.05) is 0 Å². The highest BCUT2D eigenvalue weighted by Gasteiger charge is 2.33. The first-order valence-corrected chi connectivity index (χ1v) is 9.69. The molecule has 2 heterocycles. The molecule has 6 rings (SSSR count). The Bertz CT molecular complexity index is 1430. The molecule has 1 aliphatic carbocycles. The zero-order valence-corrected chi connectivity index (χ0v) is 15.8. The molecule has 4 heteroatoms. The van der Waals surface area contributed by atoms with Gasteiger partial charge < -0.3 is 9.40 Å². The zero-order valence-electron chi connectivity index (χ0n) is 15.8. The van der Waals surface area contributed by atoms with Gasteiger partial charge >= 0.3 is 0 Å². The molecular formula is C26H15NO3. The third kappa shape index (κ3) is 2.47. The standard InChI is InChI=1S/C26H15NO3/c28-25-19-10-16-8-4-5-9-17(16)11-20(19)26(29)21(25)12-18-13-24-22(27-18)14-23(30-24)15-6-2-1-3-7-15/h1-14,27H. The molecule has 142 valence electrons. The summed E-state index contributed by atoms with van der Waals surface area (Å²) in [4.78, 5) is 29.1. The fourth-order valence-electron chi connectivity index (χ4n) is 4.06. The molecule has 0 amide bonds. The van der Waals surface area contributed by atoms with E-state index in [4.69, 9.17) is 4.42 Å². The maximum Gasteiger partial charge on any atom is 0.197 e. The maximum atomic E-state index is 12.9. The van der Waals surface area contributed by atoms with Gasteiger partial charge in [-0.25, -0.2) is 0 Å². The van der Waals surface area contributed by atoms with Gasteiger partial charge in [-0.1, -0.05) is 54.6 Å². The van der Waals surface area contributed by atoms with Crippen LogP contribution in [0.3, 0.4) is 0 Å². The van der Waals surface area contributed by atoms with Crippen molar-refractivity contribution in [2.24, 2.45) is 0 Å². The lowest BCUT2D eigenvalue weighted by atomic mass is 10.0. The third-order valence-corrected chi connectivity index (χ3v) is 5.55. The van der Waals surface area contributed by atoms with E-state index >= 15 is 0 Å². The van der Waals surface area contributed by atoms with E-state index in [0.717, 1.165) is 27.6 Å². The Morgan fingerprint density at radius 1 is 0.733 bits per heavy atom. The third-order valence-electron chi connectivity index (χ3n) is 5.55. The smallest absolute Gasteiger partial charge is 0.197 e. The highest BCUT2D eigenvalue weighted by molar-refractivity contribution is 6.42. The van der Waals surface area contributed by atoms with Gasteiger partial charge in [0.15, 0.2) is 17.1 Å². The number of aromatic amines is 1. The van der Waals surface area contributed by atoms with Crippen LogP contribution in [0.1, 0.15) is 26.4 Å². The van der Waals surface area contributed by atoms with Gasteiger partial charge in [0.05, 0.1) is 11.1 Å². The second-order valence-electron chi connectivity index (χ2n) is 7.44. The van der Waals surface area contributed by atoms with Crippen LogP contribution in [0, 0.1) is 0 Å². The van der Waals surface area contributed by atoms with E-state index in [-0.39, 0.29) is 17.1 Å². The average molecular weight is 389 g/mol. The molecule has 3 aromatic carbocycles. The number of benzene rings is 3. The molecule has 0 spiro atoms. The molecule has 0 bridgehead atoms. The van der Waals surface area contributed by atoms with Crippen LogP contribution in [0.2, 0.25) is 0 Å². The summed E-state index contributed by atoms with van der Waals surface area (Å²) in [5.74, 6) is 0.289. The Morgan fingerprint density at radius 2 is 1.37 bits per heavy atom. The van der Waals surface area contributed by atoms with Crippen LogP contribution in [0.4, 0.5) is 0 Å². The Balaban J connectivity index is 1.39. The van der Waals surface area contributed by atoms with Gasteiger partial charge in [0, 0.05) is 34.5 Å². The van der Waals surface area contributed by atoms with Crippen LogP contribution in [-0.2, 0) is 0 Å². The number of furan rings is 1. The number of hydrogen-bond acceptors (Lipinski definition) is 3. The summed E-state index contributed by atoms with van der Waals surface area (Å²) in [6, 6.07) is 24.9. The molecule has 0 radical (unpaired) electrons. The predicted octanol–water partition coefficient (Wildman–Crippen LogP) is 6.04. The molecule has 4 nitrogen and oxygen atoms in total. The molecule has 0 unspecified atom stereocenters. The number of fused-ring (bicyclic) bond motifs is 3. The lowest BCUT2D eigenvalue weighted by Crippen LogP contribution is -2.00.